The Bertz CT molecular complexity index is 858. The summed E-state index contributed by atoms with van der Waals surface area (Å²) in [5, 5.41) is 26.6. The smallest absolute Gasteiger partial charge is 0.433 e. The monoisotopic (exact) mass is 426 g/mol. The number of phenolic OH excluding ortho intramolecular Hbond substituents is 1. The SMILES string of the molecule is CCCc1c(OCCCN(C)c2ncc(CO)cn2)ccc(C(=N)C(F)(F)F)c1O. The lowest BCUT2D eigenvalue weighted by atomic mass is 10.00. The van der Waals surface area contributed by atoms with E-state index in [-0.39, 0.29) is 18.8 Å². The number of hydrogen-bond donors (Lipinski definition) is 3. The summed E-state index contributed by atoms with van der Waals surface area (Å²) in [5.74, 6) is 0.233. The molecule has 164 valence electrons. The number of alkyl halides is 3. The molecule has 0 radical (unpaired) electrons. The Kier molecular flexibility index (Phi) is 7.99. The van der Waals surface area contributed by atoms with Crippen LogP contribution in [0.1, 0.15) is 36.5 Å². The van der Waals surface area contributed by atoms with Crippen LogP contribution in [0.25, 0.3) is 0 Å². The van der Waals surface area contributed by atoms with Gasteiger partial charge in [0.2, 0.25) is 5.95 Å². The minimum atomic E-state index is -4.84. The van der Waals surface area contributed by atoms with E-state index in [4.69, 9.17) is 15.3 Å². The molecule has 0 aliphatic rings. The third kappa shape index (κ3) is 5.82. The summed E-state index contributed by atoms with van der Waals surface area (Å²) in [6.45, 7) is 2.53. The van der Waals surface area contributed by atoms with Crippen LogP contribution in [-0.2, 0) is 13.0 Å². The molecule has 1 heterocycles. The zero-order chi connectivity index (χ0) is 22.3. The van der Waals surface area contributed by atoms with E-state index in [1.165, 1.54) is 18.5 Å². The number of anilines is 1. The number of nitrogens with one attached hydrogen (secondary N) is 1. The number of aliphatic hydroxyl groups is 1. The van der Waals surface area contributed by atoms with Crippen LogP contribution in [0.4, 0.5) is 19.1 Å². The topological polar surface area (TPSA) is 103 Å². The molecule has 0 saturated carbocycles. The fourth-order valence-electron chi connectivity index (χ4n) is 2.81. The molecule has 2 rings (SSSR count). The first-order valence-electron chi connectivity index (χ1n) is 9.45. The van der Waals surface area contributed by atoms with Gasteiger partial charge in [-0.1, -0.05) is 13.3 Å². The highest BCUT2D eigenvalue weighted by molar-refractivity contribution is 6.04. The molecule has 2 aromatic rings. The van der Waals surface area contributed by atoms with Gasteiger partial charge in [0.05, 0.1) is 13.2 Å². The van der Waals surface area contributed by atoms with Crippen LogP contribution in [0.2, 0.25) is 0 Å². The van der Waals surface area contributed by atoms with Gasteiger partial charge in [-0.05, 0) is 25.0 Å². The number of benzene rings is 1. The average molecular weight is 426 g/mol. The highest BCUT2D eigenvalue weighted by atomic mass is 19.4. The number of aromatic nitrogens is 2. The summed E-state index contributed by atoms with van der Waals surface area (Å²) in [7, 11) is 1.81. The molecule has 0 saturated heterocycles. The summed E-state index contributed by atoms with van der Waals surface area (Å²) in [6.07, 6.45) is -0.272. The molecular formula is C20H25F3N4O3. The molecule has 1 aromatic carbocycles. The summed E-state index contributed by atoms with van der Waals surface area (Å²) in [5.41, 5.74) is -1.26. The highest BCUT2D eigenvalue weighted by Crippen LogP contribution is 2.35. The van der Waals surface area contributed by atoms with Gasteiger partial charge in [-0.15, -0.1) is 0 Å². The first kappa shape index (κ1) is 23.4. The molecule has 0 fully saturated rings. The van der Waals surface area contributed by atoms with Crippen LogP contribution in [0.5, 0.6) is 11.5 Å². The van der Waals surface area contributed by atoms with Crippen LogP contribution < -0.4 is 9.64 Å². The predicted molar refractivity (Wildman–Crippen MR) is 106 cm³/mol. The van der Waals surface area contributed by atoms with Crippen molar-refractivity contribution in [3.05, 3.63) is 41.2 Å². The number of hydrogen-bond acceptors (Lipinski definition) is 7. The molecular weight excluding hydrogens is 401 g/mol. The summed E-state index contributed by atoms with van der Waals surface area (Å²) >= 11 is 0. The lowest BCUT2D eigenvalue weighted by Crippen LogP contribution is -2.23. The van der Waals surface area contributed by atoms with Crippen LogP contribution in [0.3, 0.4) is 0 Å². The van der Waals surface area contributed by atoms with E-state index < -0.39 is 23.2 Å². The minimum Gasteiger partial charge on any atom is -0.507 e. The molecule has 0 atom stereocenters. The molecule has 0 unspecified atom stereocenters. The third-order valence-electron chi connectivity index (χ3n) is 4.40. The first-order valence-corrected chi connectivity index (χ1v) is 9.45. The lowest BCUT2D eigenvalue weighted by molar-refractivity contribution is -0.0588. The largest absolute Gasteiger partial charge is 0.507 e. The maximum Gasteiger partial charge on any atom is 0.433 e. The zero-order valence-electron chi connectivity index (χ0n) is 16.8. The van der Waals surface area contributed by atoms with Crippen molar-refractivity contribution in [1.29, 1.82) is 5.41 Å². The second kappa shape index (κ2) is 10.2. The molecule has 0 bridgehead atoms. The molecule has 10 heteroatoms. The van der Waals surface area contributed by atoms with E-state index in [0.717, 1.165) is 6.07 Å². The van der Waals surface area contributed by atoms with E-state index in [0.29, 0.717) is 43.1 Å². The average Bonchev–Trinajstić information content (AvgIpc) is 2.72. The number of nitrogens with zero attached hydrogens (tertiary/aromatic N) is 3. The van der Waals surface area contributed by atoms with Crippen molar-refractivity contribution in [2.24, 2.45) is 0 Å². The Morgan fingerprint density at radius 3 is 2.47 bits per heavy atom. The van der Waals surface area contributed by atoms with Gasteiger partial charge < -0.3 is 19.8 Å². The van der Waals surface area contributed by atoms with Crippen LogP contribution in [-0.4, -0.2) is 52.3 Å². The van der Waals surface area contributed by atoms with Gasteiger partial charge in [0, 0.05) is 42.7 Å². The number of aliphatic hydroxyl groups excluding tert-OH is 1. The summed E-state index contributed by atoms with van der Waals surface area (Å²) in [4.78, 5) is 10.1. The Balaban J connectivity index is 2.01. The van der Waals surface area contributed by atoms with Gasteiger partial charge in [0.15, 0.2) is 0 Å². The van der Waals surface area contributed by atoms with Gasteiger partial charge in [-0.25, -0.2) is 9.97 Å². The van der Waals surface area contributed by atoms with Crippen LogP contribution >= 0.6 is 0 Å². The Morgan fingerprint density at radius 2 is 1.90 bits per heavy atom. The van der Waals surface area contributed by atoms with Gasteiger partial charge in [-0.3, -0.25) is 5.41 Å². The van der Waals surface area contributed by atoms with Gasteiger partial charge in [0.1, 0.15) is 17.2 Å². The number of rotatable bonds is 10. The molecule has 0 aliphatic heterocycles. The van der Waals surface area contributed by atoms with E-state index in [2.05, 4.69) is 9.97 Å². The second-order valence-electron chi connectivity index (χ2n) is 6.73. The molecule has 0 amide bonds. The standard InChI is InChI=1S/C20H25F3N4O3/c1-3-5-14-16(7-6-15(17(14)29)18(24)20(21,22)23)30-9-4-8-27(2)19-25-10-13(12-28)11-26-19/h6-7,10-11,24,28-29H,3-5,8-9,12H2,1-2H3. The van der Waals surface area contributed by atoms with Crippen molar-refractivity contribution in [2.45, 2.75) is 39.0 Å². The van der Waals surface area contributed by atoms with E-state index in [9.17, 15) is 18.3 Å². The van der Waals surface area contributed by atoms with Crippen LogP contribution in [0.15, 0.2) is 24.5 Å². The number of halogens is 3. The summed E-state index contributed by atoms with van der Waals surface area (Å²) < 4.78 is 44.2. The number of phenols is 1. The van der Waals surface area contributed by atoms with Crippen molar-refractivity contribution >= 4 is 11.7 Å². The van der Waals surface area contributed by atoms with Crippen molar-refractivity contribution < 1.29 is 28.1 Å². The zero-order valence-corrected chi connectivity index (χ0v) is 16.8. The maximum absolute atomic E-state index is 12.8. The van der Waals surface area contributed by atoms with E-state index >= 15 is 0 Å². The number of ether oxygens (including phenoxy) is 1. The molecule has 0 spiro atoms. The van der Waals surface area contributed by atoms with Crippen molar-refractivity contribution in [2.75, 3.05) is 25.1 Å². The van der Waals surface area contributed by atoms with Crippen molar-refractivity contribution in [3.63, 3.8) is 0 Å². The van der Waals surface area contributed by atoms with Crippen LogP contribution in [0, 0.1) is 5.41 Å². The lowest BCUT2D eigenvalue weighted by Gasteiger charge is -2.19. The maximum atomic E-state index is 12.8. The summed E-state index contributed by atoms with van der Waals surface area (Å²) in [6, 6.07) is 2.42. The van der Waals surface area contributed by atoms with Gasteiger partial charge in [-0.2, -0.15) is 13.2 Å². The fourth-order valence-corrected chi connectivity index (χ4v) is 2.81. The van der Waals surface area contributed by atoms with Crippen molar-refractivity contribution in [1.82, 2.24) is 9.97 Å². The molecule has 0 aliphatic carbocycles. The molecule has 30 heavy (non-hydrogen) atoms. The van der Waals surface area contributed by atoms with E-state index in [1.807, 2.05) is 11.8 Å². The highest BCUT2D eigenvalue weighted by Gasteiger charge is 2.37. The fraction of sp³-hybridized carbons (Fsp3) is 0.450. The van der Waals surface area contributed by atoms with Gasteiger partial charge in [0.25, 0.3) is 0 Å². The molecule has 7 nitrogen and oxygen atoms in total. The Hall–Kier alpha value is -2.88. The molecule has 1 aromatic heterocycles. The minimum absolute atomic E-state index is 0.133. The Labute approximate surface area is 172 Å². The Morgan fingerprint density at radius 1 is 1.23 bits per heavy atom. The predicted octanol–water partition coefficient (Wildman–Crippen LogP) is 3.46. The number of aromatic hydroxyl groups is 1. The van der Waals surface area contributed by atoms with Crippen molar-refractivity contribution in [3.8, 4) is 11.5 Å². The second-order valence-corrected chi connectivity index (χ2v) is 6.73. The first-order chi connectivity index (χ1) is 14.2. The molecule has 3 N–H and O–H groups in total. The van der Waals surface area contributed by atoms with Gasteiger partial charge >= 0.3 is 6.18 Å². The quantitative estimate of drug-likeness (QED) is 0.397. The van der Waals surface area contributed by atoms with E-state index in [1.54, 1.807) is 7.05 Å². The normalized spacial score (nSPS) is 11.4. The third-order valence-corrected chi connectivity index (χ3v) is 4.40.